The smallest absolute Gasteiger partial charge is 0.243 e. The molecule has 2 heterocycles. The van der Waals surface area contributed by atoms with Crippen LogP contribution in [0.25, 0.3) is 0 Å². The number of carbonyl (C=O) groups excluding carboxylic acids is 1. The van der Waals surface area contributed by atoms with Crippen LogP contribution in [0, 0.1) is 0 Å². The van der Waals surface area contributed by atoms with E-state index in [1.54, 1.807) is 28.6 Å². The van der Waals surface area contributed by atoms with E-state index in [1.807, 2.05) is 0 Å². The fourth-order valence-corrected chi connectivity index (χ4v) is 5.79. The van der Waals surface area contributed by atoms with Gasteiger partial charge in [-0.3, -0.25) is 9.69 Å². The Morgan fingerprint density at radius 1 is 1.00 bits per heavy atom. The number of hydrogen-bond donors (Lipinski definition) is 2. The number of nitrogens with one attached hydrogen (secondary N) is 2. The molecule has 2 aliphatic rings. The second-order valence-corrected chi connectivity index (χ2v) is 10.7. The first kappa shape index (κ1) is 23.2. The number of hydrogen-bond acceptors (Lipinski definition) is 5. The minimum atomic E-state index is -3.46. The molecule has 0 unspecified atom stereocenters. The lowest BCUT2D eigenvalue weighted by Gasteiger charge is -2.32. The molecule has 30 heavy (non-hydrogen) atoms. The van der Waals surface area contributed by atoms with Gasteiger partial charge in [-0.05, 0) is 49.9 Å². The molecule has 0 saturated carbocycles. The molecule has 2 saturated heterocycles. The first-order valence-corrected chi connectivity index (χ1v) is 12.7. The lowest BCUT2D eigenvalue weighted by Crippen LogP contribution is -2.46. The standard InChI is InChI=1S/C22H36N4O3S/c1-18(2)23-20-11-15-25(16-12-20)17-22(27)24-19-7-9-21(10-8-19)30(28,29)26-13-5-3-4-6-14-26/h7-10,18,20,23H,3-6,11-17H2,1-2H3,(H,24,27). The van der Waals surface area contributed by atoms with Crippen LogP contribution < -0.4 is 10.6 Å². The molecule has 168 valence electrons. The molecule has 0 aromatic heterocycles. The fraction of sp³-hybridized carbons (Fsp3) is 0.682. The molecule has 0 bridgehead atoms. The minimum absolute atomic E-state index is 0.0617. The Balaban J connectivity index is 1.50. The van der Waals surface area contributed by atoms with Gasteiger partial charge < -0.3 is 10.6 Å². The summed E-state index contributed by atoms with van der Waals surface area (Å²) in [4.78, 5) is 14.9. The van der Waals surface area contributed by atoms with Crippen LogP contribution >= 0.6 is 0 Å². The van der Waals surface area contributed by atoms with Crippen LogP contribution in [0.1, 0.15) is 52.4 Å². The van der Waals surface area contributed by atoms with E-state index in [1.165, 1.54) is 0 Å². The predicted octanol–water partition coefficient (Wildman–Crippen LogP) is 2.65. The van der Waals surface area contributed by atoms with Gasteiger partial charge in [-0.2, -0.15) is 4.31 Å². The van der Waals surface area contributed by atoms with E-state index >= 15 is 0 Å². The van der Waals surface area contributed by atoms with Gasteiger partial charge in [0.1, 0.15) is 0 Å². The van der Waals surface area contributed by atoms with Crippen LogP contribution in [0.4, 0.5) is 5.69 Å². The van der Waals surface area contributed by atoms with Gasteiger partial charge in [0, 0.05) is 44.0 Å². The Hall–Kier alpha value is -1.48. The number of likely N-dealkylation sites (tertiary alicyclic amines) is 1. The van der Waals surface area contributed by atoms with E-state index in [2.05, 4.69) is 29.4 Å². The van der Waals surface area contributed by atoms with Gasteiger partial charge in [0.25, 0.3) is 0 Å². The number of amides is 1. The van der Waals surface area contributed by atoms with Crippen molar-refractivity contribution >= 4 is 21.6 Å². The molecular weight excluding hydrogens is 400 g/mol. The molecule has 1 aromatic carbocycles. The summed E-state index contributed by atoms with van der Waals surface area (Å²) in [5.41, 5.74) is 0.631. The number of sulfonamides is 1. The Kier molecular flexibility index (Phi) is 8.27. The van der Waals surface area contributed by atoms with Crippen LogP contribution in [0.5, 0.6) is 0 Å². The molecule has 0 radical (unpaired) electrons. The highest BCUT2D eigenvalue weighted by Gasteiger charge is 2.25. The summed E-state index contributed by atoms with van der Waals surface area (Å²) in [5, 5.41) is 6.46. The van der Waals surface area contributed by atoms with E-state index < -0.39 is 10.0 Å². The highest BCUT2D eigenvalue weighted by atomic mass is 32.2. The molecule has 2 aliphatic heterocycles. The number of anilines is 1. The van der Waals surface area contributed by atoms with Gasteiger partial charge in [0.2, 0.25) is 15.9 Å². The van der Waals surface area contributed by atoms with Crippen molar-refractivity contribution in [1.82, 2.24) is 14.5 Å². The molecule has 0 spiro atoms. The summed E-state index contributed by atoms with van der Waals surface area (Å²) in [6.45, 7) is 7.67. The minimum Gasteiger partial charge on any atom is -0.325 e. The molecule has 0 atom stereocenters. The van der Waals surface area contributed by atoms with Gasteiger partial charge in [-0.15, -0.1) is 0 Å². The van der Waals surface area contributed by atoms with Crippen LogP contribution in [-0.2, 0) is 14.8 Å². The topological polar surface area (TPSA) is 81.8 Å². The SMILES string of the molecule is CC(C)NC1CCN(CC(=O)Nc2ccc(S(=O)(=O)N3CCCCCC3)cc2)CC1. The molecule has 1 amide bonds. The predicted molar refractivity (Wildman–Crippen MR) is 120 cm³/mol. The van der Waals surface area contributed by atoms with E-state index in [4.69, 9.17) is 0 Å². The monoisotopic (exact) mass is 436 g/mol. The molecule has 0 aliphatic carbocycles. The number of benzene rings is 1. The van der Waals surface area contributed by atoms with Gasteiger partial charge >= 0.3 is 0 Å². The Morgan fingerprint density at radius 3 is 2.17 bits per heavy atom. The summed E-state index contributed by atoms with van der Waals surface area (Å²) >= 11 is 0. The second-order valence-electron chi connectivity index (χ2n) is 8.76. The zero-order valence-electron chi connectivity index (χ0n) is 18.3. The summed E-state index contributed by atoms with van der Waals surface area (Å²) < 4.78 is 27.3. The van der Waals surface area contributed by atoms with Gasteiger partial charge in [-0.25, -0.2) is 8.42 Å². The molecule has 3 rings (SSSR count). The Bertz CT molecular complexity index is 779. The second kappa shape index (κ2) is 10.7. The number of rotatable bonds is 7. The molecule has 7 nitrogen and oxygen atoms in total. The third-order valence-electron chi connectivity index (χ3n) is 5.86. The molecular formula is C22H36N4O3S. The Labute approximate surface area is 181 Å². The van der Waals surface area contributed by atoms with E-state index in [0.29, 0.717) is 42.3 Å². The summed E-state index contributed by atoms with van der Waals surface area (Å²) in [6, 6.07) is 7.57. The van der Waals surface area contributed by atoms with Crippen LogP contribution in [-0.4, -0.2) is 68.3 Å². The van der Waals surface area contributed by atoms with Crippen molar-refractivity contribution in [2.75, 3.05) is 38.0 Å². The van der Waals surface area contributed by atoms with Crippen LogP contribution in [0.3, 0.4) is 0 Å². The van der Waals surface area contributed by atoms with Gasteiger partial charge in [-0.1, -0.05) is 26.7 Å². The maximum absolute atomic E-state index is 12.9. The first-order valence-electron chi connectivity index (χ1n) is 11.2. The van der Waals surface area contributed by atoms with E-state index in [9.17, 15) is 13.2 Å². The quantitative estimate of drug-likeness (QED) is 0.687. The summed E-state index contributed by atoms with van der Waals surface area (Å²) in [6.07, 6.45) is 6.10. The number of nitrogens with zero attached hydrogens (tertiary/aromatic N) is 2. The third kappa shape index (κ3) is 6.51. The van der Waals surface area contributed by atoms with Crippen molar-refractivity contribution < 1.29 is 13.2 Å². The van der Waals surface area contributed by atoms with Crippen molar-refractivity contribution in [3.63, 3.8) is 0 Å². The number of carbonyl (C=O) groups is 1. The third-order valence-corrected chi connectivity index (χ3v) is 7.78. The normalized spacial score (nSPS) is 20.2. The van der Waals surface area contributed by atoms with Crippen molar-refractivity contribution in [3.05, 3.63) is 24.3 Å². The molecule has 2 N–H and O–H groups in total. The maximum Gasteiger partial charge on any atom is 0.243 e. The van der Waals surface area contributed by atoms with E-state index in [0.717, 1.165) is 51.6 Å². The zero-order valence-corrected chi connectivity index (χ0v) is 19.1. The molecule has 1 aromatic rings. The fourth-order valence-electron chi connectivity index (χ4n) is 4.27. The number of piperidine rings is 1. The van der Waals surface area contributed by atoms with Crippen molar-refractivity contribution in [3.8, 4) is 0 Å². The highest BCUT2D eigenvalue weighted by molar-refractivity contribution is 7.89. The Morgan fingerprint density at radius 2 is 1.60 bits per heavy atom. The lowest BCUT2D eigenvalue weighted by molar-refractivity contribution is -0.117. The summed E-state index contributed by atoms with van der Waals surface area (Å²) in [7, 11) is -3.46. The molecule has 2 fully saturated rings. The highest BCUT2D eigenvalue weighted by Crippen LogP contribution is 2.22. The summed E-state index contributed by atoms with van der Waals surface area (Å²) in [5.74, 6) is -0.0617. The van der Waals surface area contributed by atoms with E-state index in [-0.39, 0.29) is 5.91 Å². The first-order chi connectivity index (χ1) is 14.3. The largest absolute Gasteiger partial charge is 0.325 e. The average Bonchev–Trinajstić information content (AvgIpc) is 3.00. The van der Waals surface area contributed by atoms with Crippen LogP contribution in [0.2, 0.25) is 0 Å². The lowest BCUT2D eigenvalue weighted by atomic mass is 10.0. The maximum atomic E-state index is 12.9. The van der Waals surface area contributed by atoms with Crippen molar-refractivity contribution in [2.24, 2.45) is 0 Å². The molecule has 8 heteroatoms. The van der Waals surface area contributed by atoms with Crippen molar-refractivity contribution in [1.29, 1.82) is 0 Å². The van der Waals surface area contributed by atoms with Gasteiger partial charge in [0.15, 0.2) is 0 Å². The average molecular weight is 437 g/mol. The zero-order chi connectivity index (χ0) is 21.6. The van der Waals surface area contributed by atoms with Crippen LogP contribution in [0.15, 0.2) is 29.2 Å². The van der Waals surface area contributed by atoms with Gasteiger partial charge in [0.05, 0.1) is 11.4 Å². The van der Waals surface area contributed by atoms with Crippen molar-refractivity contribution in [2.45, 2.75) is 69.4 Å².